The molecule has 0 saturated carbocycles. The summed E-state index contributed by atoms with van der Waals surface area (Å²) in [5, 5.41) is 0.710. The minimum atomic E-state index is -0.157. The standard InChI is InChI=1S/C18H21N3O2S/c1-12-10-13(2)16-15(11-12)24-18(19-16)21(8-7-20(3)4)17(22)14-6-5-9-23-14/h5-6,9-11H,7-8H2,1-4H3. The number of likely N-dealkylation sites (N-methyl/N-ethyl adjacent to an activating group) is 1. The Kier molecular flexibility index (Phi) is 4.69. The van der Waals surface area contributed by atoms with Gasteiger partial charge in [-0.3, -0.25) is 9.69 Å². The molecule has 1 aromatic carbocycles. The van der Waals surface area contributed by atoms with Crippen LogP contribution in [-0.2, 0) is 0 Å². The first-order valence-electron chi connectivity index (χ1n) is 7.83. The molecule has 2 aromatic heterocycles. The van der Waals surface area contributed by atoms with Crippen molar-refractivity contribution in [1.29, 1.82) is 0 Å². The van der Waals surface area contributed by atoms with Crippen molar-refractivity contribution in [2.45, 2.75) is 13.8 Å². The predicted molar refractivity (Wildman–Crippen MR) is 98.0 cm³/mol. The third-order valence-electron chi connectivity index (χ3n) is 3.80. The van der Waals surface area contributed by atoms with Crippen LogP contribution in [0.4, 0.5) is 5.13 Å². The first kappa shape index (κ1) is 16.7. The molecule has 0 spiro atoms. The smallest absolute Gasteiger partial charge is 0.295 e. The molecule has 0 fully saturated rings. The van der Waals surface area contributed by atoms with E-state index >= 15 is 0 Å². The van der Waals surface area contributed by atoms with Gasteiger partial charge in [-0.1, -0.05) is 17.4 Å². The lowest BCUT2D eigenvalue weighted by molar-refractivity contribution is 0.0958. The number of hydrogen-bond acceptors (Lipinski definition) is 5. The number of nitrogens with zero attached hydrogens (tertiary/aromatic N) is 3. The fraction of sp³-hybridized carbons (Fsp3) is 0.333. The largest absolute Gasteiger partial charge is 0.459 e. The fourth-order valence-corrected chi connectivity index (χ4v) is 3.76. The number of carbonyl (C=O) groups excluding carboxylic acids is 1. The van der Waals surface area contributed by atoms with E-state index in [0.29, 0.717) is 17.4 Å². The molecule has 5 nitrogen and oxygen atoms in total. The van der Waals surface area contributed by atoms with Gasteiger partial charge in [0.2, 0.25) is 0 Å². The Morgan fingerprint density at radius 1 is 1.25 bits per heavy atom. The van der Waals surface area contributed by atoms with Gasteiger partial charge in [0, 0.05) is 13.1 Å². The molecule has 0 N–H and O–H groups in total. The maximum atomic E-state index is 12.8. The lowest BCUT2D eigenvalue weighted by atomic mass is 10.1. The third kappa shape index (κ3) is 3.34. The number of benzene rings is 1. The number of furan rings is 1. The van der Waals surface area contributed by atoms with Gasteiger partial charge in [-0.05, 0) is 57.3 Å². The Labute approximate surface area is 145 Å². The Balaban J connectivity index is 2.01. The Bertz CT molecular complexity index is 853. The summed E-state index contributed by atoms with van der Waals surface area (Å²) in [5.41, 5.74) is 3.29. The molecular formula is C18H21N3O2S. The van der Waals surface area contributed by atoms with E-state index in [2.05, 4.69) is 26.0 Å². The van der Waals surface area contributed by atoms with Gasteiger partial charge in [-0.2, -0.15) is 0 Å². The highest BCUT2D eigenvalue weighted by molar-refractivity contribution is 7.22. The number of rotatable bonds is 5. The van der Waals surface area contributed by atoms with Crippen LogP contribution in [0.25, 0.3) is 10.2 Å². The van der Waals surface area contributed by atoms with Crippen molar-refractivity contribution in [3.63, 3.8) is 0 Å². The van der Waals surface area contributed by atoms with Gasteiger partial charge in [0.05, 0.1) is 16.5 Å². The zero-order chi connectivity index (χ0) is 17.3. The molecule has 0 bridgehead atoms. The molecule has 0 unspecified atom stereocenters. The molecule has 1 amide bonds. The van der Waals surface area contributed by atoms with Gasteiger partial charge < -0.3 is 9.32 Å². The third-order valence-corrected chi connectivity index (χ3v) is 4.82. The molecule has 126 valence electrons. The molecule has 0 radical (unpaired) electrons. The molecule has 2 heterocycles. The van der Waals surface area contributed by atoms with Crippen molar-refractivity contribution < 1.29 is 9.21 Å². The van der Waals surface area contributed by atoms with Crippen LogP contribution in [0.2, 0.25) is 0 Å². The summed E-state index contributed by atoms with van der Waals surface area (Å²) in [6, 6.07) is 7.65. The first-order chi connectivity index (χ1) is 11.5. The molecule has 0 saturated heterocycles. The van der Waals surface area contributed by atoms with E-state index in [1.165, 1.54) is 11.8 Å². The lowest BCUT2D eigenvalue weighted by Crippen LogP contribution is -2.36. The maximum absolute atomic E-state index is 12.8. The van der Waals surface area contributed by atoms with Crippen molar-refractivity contribution in [3.05, 3.63) is 47.4 Å². The molecule has 24 heavy (non-hydrogen) atoms. The number of thiazole rings is 1. The zero-order valence-corrected chi connectivity index (χ0v) is 15.2. The van der Waals surface area contributed by atoms with Gasteiger partial charge in [0.25, 0.3) is 5.91 Å². The van der Waals surface area contributed by atoms with Crippen LogP contribution in [0.15, 0.2) is 34.9 Å². The van der Waals surface area contributed by atoms with Gasteiger partial charge in [-0.15, -0.1) is 0 Å². The highest BCUT2D eigenvalue weighted by atomic mass is 32.1. The van der Waals surface area contributed by atoms with Crippen molar-refractivity contribution in [3.8, 4) is 0 Å². The first-order valence-corrected chi connectivity index (χ1v) is 8.65. The highest BCUT2D eigenvalue weighted by Gasteiger charge is 2.23. The van der Waals surface area contributed by atoms with E-state index in [1.807, 2.05) is 19.0 Å². The van der Waals surface area contributed by atoms with E-state index in [0.717, 1.165) is 22.3 Å². The molecule has 6 heteroatoms. The number of aromatic nitrogens is 1. The molecule has 0 atom stereocenters. The van der Waals surface area contributed by atoms with Crippen molar-refractivity contribution in [2.75, 3.05) is 32.1 Å². The molecule has 0 aliphatic carbocycles. The fourth-order valence-electron chi connectivity index (χ4n) is 2.59. The van der Waals surface area contributed by atoms with Crippen molar-refractivity contribution in [2.24, 2.45) is 0 Å². The molecule has 0 aliphatic heterocycles. The quantitative estimate of drug-likeness (QED) is 0.708. The van der Waals surface area contributed by atoms with E-state index in [4.69, 9.17) is 9.40 Å². The number of fused-ring (bicyclic) bond motifs is 1. The number of anilines is 1. The minimum absolute atomic E-state index is 0.157. The van der Waals surface area contributed by atoms with E-state index < -0.39 is 0 Å². The number of hydrogen-bond donors (Lipinski definition) is 0. The van der Waals surface area contributed by atoms with Crippen LogP contribution in [-0.4, -0.2) is 43.0 Å². The van der Waals surface area contributed by atoms with Crippen LogP contribution in [0, 0.1) is 13.8 Å². The lowest BCUT2D eigenvalue weighted by Gasteiger charge is -2.20. The van der Waals surface area contributed by atoms with E-state index in [9.17, 15) is 4.79 Å². The summed E-state index contributed by atoms with van der Waals surface area (Å²) in [5.74, 6) is 0.177. The molecular weight excluding hydrogens is 322 g/mol. The molecule has 3 rings (SSSR count). The van der Waals surface area contributed by atoms with Crippen LogP contribution in [0.3, 0.4) is 0 Å². The summed E-state index contributed by atoms with van der Waals surface area (Å²) in [7, 11) is 3.98. The predicted octanol–water partition coefficient (Wildman–Crippen LogP) is 3.71. The topological polar surface area (TPSA) is 49.6 Å². The second kappa shape index (κ2) is 6.75. The summed E-state index contributed by atoms with van der Waals surface area (Å²) < 4.78 is 6.39. The van der Waals surface area contributed by atoms with E-state index in [-0.39, 0.29) is 5.91 Å². The van der Waals surface area contributed by atoms with Gasteiger partial charge in [0.1, 0.15) is 0 Å². The van der Waals surface area contributed by atoms with Gasteiger partial charge in [-0.25, -0.2) is 4.98 Å². The summed E-state index contributed by atoms with van der Waals surface area (Å²) in [6.07, 6.45) is 1.52. The van der Waals surface area contributed by atoms with Gasteiger partial charge >= 0.3 is 0 Å². The minimum Gasteiger partial charge on any atom is -0.459 e. The normalized spacial score (nSPS) is 11.4. The Hall–Kier alpha value is -2.18. The van der Waals surface area contributed by atoms with Crippen LogP contribution < -0.4 is 4.90 Å². The SMILES string of the molecule is Cc1cc(C)c2nc(N(CCN(C)C)C(=O)c3ccco3)sc2c1. The second-order valence-electron chi connectivity index (χ2n) is 6.16. The second-order valence-corrected chi connectivity index (χ2v) is 7.17. The number of carbonyl (C=O) groups is 1. The average Bonchev–Trinajstić information content (AvgIpc) is 3.16. The van der Waals surface area contributed by atoms with Crippen LogP contribution in [0.5, 0.6) is 0 Å². The zero-order valence-electron chi connectivity index (χ0n) is 14.4. The van der Waals surface area contributed by atoms with Crippen molar-refractivity contribution >= 4 is 32.6 Å². The summed E-state index contributed by atoms with van der Waals surface area (Å²) >= 11 is 1.54. The monoisotopic (exact) mass is 343 g/mol. The maximum Gasteiger partial charge on any atom is 0.295 e. The number of aryl methyl sites for hydroxylation is 2. The van der Waals surface area contributed by atoms with Crippen LogP contribution in [0.1, 0.15) is 21.7 Å². The Morgan fingerprint density at radius 3 is 2.71 bits per heavy atom. The number of amides is 1. The van der Waals surface area contributed by atoms with Gasteiger partial charge in [0.15, 0.2) is 10.9 Å². The summed E-state index contributed by atoms with van der Waals surface area (Å²) in [6.45, 7) is 5.44. The van der Waals surface area contributed by atoms with Crippen LogP contribution >= 0.6 is 11.3 Å². The Morgan fingerprint density at radius 2 is 2.04 bits per heavy atom. The summed E-state index contributed by atoms with van der Waals surface area (Å²) in [4.78, 5) is 21.3. The van der Waals surface area contributed by atoms with E-state index in [1.54, 1.807) is 28.4 Å². The van der Waals surface area contributed by atoms with Crippen molar-refractivity contribution in [1.82, 2.24) is 9.88 Å². The molecule has 0 aliphatic rings. The average molecular weight is 343 g/mol. The molecule has 3 aromatic rings. The highest BCUT2D eigenvalue weighted by Crippen LogP contribution is 2.32.